The minimum absolute atomic E-state index is 0.250. The first-order valence-electron chi connectivity index (χ1n) is 6.52. The molecule has 1 unspecified atom stereocenters. The minimum atomic E-state index is 0.250. The lowest BCUT2D eigenvalue weighted by molar-refractivity contribution is -0.122. The van der Waals surface area contributed by atoms with E-state index in [0.717, 1.165) is 6.42 Å². The Hall–Kier alpha value is -0.860. The number of carbonyl (C=O) groups is 2. The summed E-state index contributed by atoms with van der Waals surface area (Å²) in [7, 11) is 0. The van der Waals surface area contributed by atoms with Gasteiger partial charge in [0, 0.05) is 5.92 Å². The lowest BCUT2D eigenvalue weighted by Gasteiger charge is -2.18. The van der Waals surface area contributed by atoms with Gasteiger partial charge in [-0.15, -0.1) is 0 Å². The largest absolute Gasteiger partial charge is 0.372 e. The maximum absolute atomic E-state index is 11.2. The number of primary amides is 1. The van der Waals surface area contributed by atoms with Crippen molar-refractivity contribution in [3.05, 3.63) is 0 Å². The average molecular weight is 245 g/mol. The van der Waals surface area contributed by atoms with Crippen LogP contribution in [0.3, 0.4) is 0 Å². The third kappa shape index (κ3) is 17.7. The van der Waals surface area contributed by atoms with Gasteiger partial charge in [-0.1, -0.05) is 48.0 Å². The van der Waals surface area contributed by atoms with Gasteiger partial charge >= 0.3 is 0 Å². The maximum atomic E-state index is 11.2. The molecule has 2 N–H and O–H groups in total. The molecule has 0 aliphatic rings. The zero-order valence-corrected chi connectivity index (χ0v) is 12.6. The highest BCUT2D eigenvalue weighted by Gasteiger charge is 2.17. The van der Waals surface area contributed by atoms with Crippen molar-refractivity contribution in [1.82, 2.24) is 0 Å². The van der Waals surface area contributed by atoms with Crippen molar-refractivity contribution in [2.24, 2.45) is 23.5 Å². The molecule has 0 aromatic rings. The van der Waals surface area contributed by atoms with Crippen LogP contribution in [0.4, 0.5) is 0 Å². The van der Waals surface area contributed by atoms with E-state index in [2.05, 4.69) is 33.4 Å². The second-order valence-corrected chi connectivity index (χ2v) is 4.57. The Morgan fingerprint density at radius 2 is 1.47 bits per heavy atom. The molecule has 0 aliphatic heterocycles. The summed E-state index contributed by atoms with van der Waals surface area (Å²) in [5.74, 6) is 1.85. The molecular weight excluding hydrogens is 214 g/mol. The summed E-state index contributed by atoms with van der Waals surface area (Å²) >= 11 is 0. The van der Waals surface area contributed by atoms with Crippen LogP contribution in [-0.4, -0.2) is 12.2 Å². The molecule has 0 heterocycles. The normalized spacial score (nSPS) is 10.9. The molecule has 0 saturated heterocycles. The summed E-state index contributed by atoms with van der Waals surface area (Å²) < 4.78 is 0. The number of hydrogen-bond donors (Lipinski definition) is 1. The summed E-state index contributed by atoms with van der Waals surface area (Å²) in [5.41, 5.74) is 4.17. The Bertz CT molecular complexity index is 177. The first-order valence-corrected chi connectivity index (χ1v) is 6.52. The molecule has 0 radical (unpaired) electrons. The molecule has 104 valence electrons. The molecule has 0 bridgehead atoms. The van der Waals surface area contributed by atoms with Gasteiger partial charge in [0.2, 0.25) is 6.41 Å². The van der Waals surface area contributed by atoms with Gasteiger partial charge in [0.05, 0.1) is 0 Å². The van der Waals surface area contributed by atoms with Gasteiger partial charge in [-0.25, -0.2) is 0 Å². The van der Waals surface area contributed by atoms with Gasteiger partial charge in [-0.05, 0) is 25.2 Å². The molecular formula is C14H31NO2. The van der Waals surface area contributed by atoms with Crippen LogP contribution < -0.4 is 5.73 Å². The summed E-state index contributed by atoms with van der Waals surface area (Å²) in [5, 5.41) is 0. The topological polar surface area (TPSA) is 60.2 Å². The Balaban J connectivity index is -0.000000337. The van der Waals surface area contributed by atoms with Crippen LogP contribution in [0.5, 0.6) is 0 Å². The lowest BCUT2D eigenvalue weighted by Crippen LogP contribution is -2.17. The lowest BCUT2D eigenvalue weighted by atomic mass is 9.86. The third-order valence-electron chi connectivity index (χ3n) is 2.38. The first-order chi connectivity index (χ1) is 7.86. The van der Waals surface area contributed by atoms with Crippen LogP contribution in [0.2, 0.25) is 0 Å². The van der Waals surface area contributed by atoms with Crippen molar-refractivity contribution in [2.75, 3.05) is 0 Å². The van der Waals surface area contributed by atoms with Gasteiger partial charge in [-0.2, -0.15) is 0 Å². The fraction of sp³-hybridized carbons (Fsp3) is 0.857. The highest BCUT2D eigenvalue weighted by atomic mass is 16.1. The maximum Gasteiger partial charge on any atom is 0.204 e. The van der Waals surface area contributed by atoms with E-state index in [-0.39, 0.29) is 12.3 Å². The van der Waals surface area contributed by atoms with Gasteiger partial charge in [0.15, 0.2) is 0 Å². The second kappa shape index (κ2) is 15.1. The van der Waals surface area contributed by atoms with E-state index in [1.165, 1.54) is 6.42 Å². The first kappa shape index (κ1) is 21.4. The van der Waals surface area contributed by atoms with Crippen molar-refractivity contribution in [2.45, 2.75) is 61.3 Å². The SMILES string of the molecule is CC.CC(=O)C(CCC(C)C)C(C)C.NC=O. The number of Topliss-reactive ketones (excluding diaryl/α,β-unsaturated/α-hetero) is 1. The fourth-order valence-corrected chi connectivity index (χ4v) is 1.52. The molecule has 0 fully saturated rings. The Morgan fingerprint density at radius 1 is 1.12 bits per heavy atom. The minimum Gasteiger partial charge on any atom is -0.372 e. The van der Waals surface area contributed by atoms with E-state index in [4.69, 9.17) is 4.79 Å². The molecule has 0 spiro atoms. The van der Waals surface area contributed by atoms with E-state index >= 15 is 0 Å². The van der Waals surface area contributed by atoms with Crippen molar-refractivity contribution in [1.29, 1.82) is 0 Å². The standard InChI is InChI=1S/C11H22O.C2H6.CH3NO/c1-8(2)6-7-11(9(3)4)10(5)12;1-2;2-1-3/h8-9,11H,6-7H2,1-5H3;1-2H3;1H,(H2,2,3). The van der Waals surface area contributed by atoms with E-state index in [1.807, 2.05) is 13.8 Å². The van der Waals surface area contributed by atoms with E-state index in [9.17, 15) is 4.79 Å². The summed E-state index contributed by atoms with van der Waals surface area (Å²) in [6.07, 6.45) is 2.48. The quantitative estimate of drug-likeness (QED) is 0.754. The number of amides is 1. The van der Waals surface area contributed by atoms with Crippen LogP contribution in [0, 0.1) is 17.8 Å². The molecule has 0 aliphatic carbocycles. The summed E-state index contributed by atoms with van der Waals surface area (Å²) in [6.45, 7) is 14.4. The molecule has 0 rings (SSSR count). The van der Waals surface area contributed by atoms with Gasteiger partial charge < -0.3 is 5.73 Å². The number of ketones is 1. The van der Waals surface area contributed by atoms with Crippen LogP contribution in [-0.2, 0) is 9.59 Å². The molecule has 17 heavy (non-hydrogen) atoms. The number of hydrogen-bond acceptors (Lipinski definition) is 2. The summed E-state index contributed by atoms with van der Waals surface area (Å²) in [6, 6.07) is 0. The van der Waals surface area contributed by atoms with Gasteiger partial charge in [-0.3, -0.25) is 9.59 Å². The van der Waals surface area contributed by atoms with Crippen LogP contribution >= 0.6 is 0 Å². The second-order valence-electron chi connectivity index (χ2n) is 4.57. The van der Waals surface area contributed by atoms with E-state index < -0.39 is 0 Å². The number of rotatable bonds is 5. The molecule has 3 nitrogen and oxygen atoms in total. The predicted molar refractivity (Wildman–Crippen MR) is 74.7 cm³/mol. The van der Waals surface area contributed by atoms with Gasteiger partial charge in [0.25, 0.3) is 0 Å². The Morgan fingerprint density at radius 3 is 1.65 bits per heavy atom. The smallest absolute Gasteiger partial charge is 0.204 e. The van der Waals surface area contributed by atoms with Crippen LogP contribution in [0.25, 0.3) is 0 Å². The van der Waals surface area contributed by atoms with Gasteiger partial charge in [0.1, 0.15) is 5.78 Å². The highest BCUT2D eigenvalue weighted by Crippen LogP contribution is 2.20. The van der Waals surface area contributed by atoms with Crippen molar-refractivity contribution < 1.29 is 9.59 Å². The van der Waals surface area contributed by atoms with Crippen molar-refractivity contribution in [3.63, 3.8) is 0 Å². The monoisotopic (exact) mass is 245 g/mol. The third-order valence-corrected chi connectivity index (χ3v) is 2.38. The molecule has 3 heteroatoms. The molecule has 0 aromatic heterocycles. The van der Waals surface area contributed by atoms with Crippen LogP contribution in [0.15, 0.2) is 0 Å². The molecule has 1 amide bonds. The summed E-state index contributed by atoms with van der Waals surface area (Å²) in [4.78, 5) is 19.8. The van der Waals surface area contributed by atoms with E-state index in [0.29, 0.717) is 17.6 Å². The number of nitrogens with two attached hydrogens (primary N) is 1. The predicted octanol–water partition coefficient (Wildman–Crippen LogP) is 3.41. The average Bonchev–Trinajstić information content (AvgIpc) is 2.20. The van der Waals surface area contributed by atoms with Crippen molar-refractivity contribution in [3.8, 4) is 0 Å². The zero-order valence-electron chi connectivity index (χ0n) is 12.6. The molecule has 0 aromatic carbocycles. The van der Waals surface area contributed by atoms with E-state index in [1.54, 1.807) is 6.92 Å². The molecule has 1 atom stereocenters. The fourth-order valence-electron chi connectivity index (χ4n) is 1.52. The molecule has 0 saturated carbocycles. The zero-order chi connectivity index (χ0) is 14.4. The Kier molecular flexibility index (Phi) is 19.1. The highest BCUT2D eigenvalue weighted by molar-refractivity contribution is 5.78. The van der Waals surface area contributed by atoms with Crippen molar-refractivity contribution >= 4 is 12.2 Å². The van der Waals surface area contributed by atoms with Crippen LogP contribution in [0.1, 0.15) is 61.3 Å². The number of carbonyl (C=O) groups excluding carboxylic acids is 2. The Labute approximate surface area is 107 Å².